The van der Waals surface area contributed by atoms with Gasteiger partial charge in [-0.3, -0.25) is 9.59 Å². The van der Waals surface area contributed by atoms with Crippen LogP contribution in [0.1, 0.15) is 35.6 Å². The predicted molar refractivity (Wildman–Crippen MR) is 91.0 cm³/mol. The van der Waals surface area contributed by atoms with Crippen LogP contribution in [0.4, 0.5) is 0 Å². The quantitative estimate of drug-likeness (QED) is 0.746. The van der Waals surface area contributed by atoms with Crippen molar-refractivity contribution in [1.82, 2.24) is 4.90 Å². The van der Waals surface area contributed by atoms with Gasteiger partial charge in [0.15, 0.2) is 10.4 Å². The number of rotatable bonds is 4. The van der Waals surface area contributed by atoms with Gasteiger partial charge in [-0.2, -0.15) is 0 Å². The van der Waals surface area contributed by atoms with Crippen molar-refractivity contribution in [3.63, 3.8) is 0 Å². The van der Waals surface area contributed by atoms with Crippen LogP contribution in [0.5, 0.6) is 0 Å². The Kier molecular flexibility index (Phi) is 5.30. The van der Waals surface area contributed by atoms with E-state index >= 15 is 0 Å². The molecule has 0 aliphatic carbocycles. The summed E-state index contributed by atoms with van der Waals surface area (Å²) in [7, 11) is 0. The lowest BCUT2D eigenvalue weighted by atomic mass is 10.1. The number of aliphatic imine (C=N–C) groups is 1. The maximum Gasteiger partial charge on any atom is 0.313 e. The van der Waals surface area contributed by atoms with E-state index < -0.39 is 5.91 Å². The van der Waals surface area contributed by atoms with Gasteiger partial charge in [-0.1, -0.05) is 0 Å². The number of piperidine rings is 1. The van der Waals surface area contributed by atoms with Crippen LogP contribution in [-0.4, -0.2) is 35.5 Å². The molecule has 3 heterocycles. The van der Waals surface area contributed by atoms with Gasteiger partial charge in [-0.25, -0.2) is 4.99 Å². The third kappa shape index (κ3) is 4.03. The zero-order valence-electron chi connectivity index (χ0n) is 13.0. The lowest BCUT2D eigenvalue weighted by Crippen LogP contribution is -2.41. The maximum absolute atomic E-state index is 12.8. The highest BCUT2D eigenvalue weighted by Gasteiger charge is 2.24. The molecule has 0 unspecified atom stereocenters. The summed E-state index contributed by atoms with van der Waals surface area (Å²) in [5, 5.41) is 0. The Morgan fingerprint density at radius 3 is 2.58 bits per heavy atom. The Hall–Kier alpha value is -2.15. The van der Waals surface area contributed by atoms with Crippen molar-refractivity contribution in [2.24, 2.45) is 4.99 Å². The zero-order valence-corrected chi connectivity index (χ0v) is 14.6. The van der Waals surface area contributed by atoms with E-state index in [0.29, 0.717) is 23.5 Å². The second-order valence-electron chi connectivity index (χ2n) is 5.58. The summed E-state index contributed by atoms with van der Waals surface area (Å²) in [5.74, 6) is -0.115. The molecule has 1 saturated heterocycles. The van der Waals surface area contributed by atoms with Gasteiger partial charge in [0.25, 0.3) is 5.91 Å². The third-order valence-electron chi connectivity index (χ3n) is 3.83. The minimum absolute atomic E-state index is 0.0882. The average Bonchev–Trinajstić information content (AvgIpc) is 3.26. The van der Waals surface area contributed by atoms with Crippen molar-refractivity contribution in [3.05, 3.63) is 46.7 Å². The van der Waals surface area contributed by atoms with E-state index in [1.807, 2.05) is 0 Å². The van der Waals surface area contributed by atoms with Crippen LogP contribution in [-0.2, 0) is 11.2 Å². The third-order valence-corrected chi connectivity index (χ3v) is 4.26. The molecule has 24 heavy (non-hydrogen) atoms. The number of hydrogen-bond acceptors (Lipinski definition) is 4. The predicted octanol–water partition coefficient (Wildman–Crippen LogP) is 3.47. The number of carbonyl (C=O) groups is 2. The molecular formula is C17H17BrN2O4. The molecule has 2 amide bonds. The van der Waals surface area contributed by atoms with Crippen LogP contribution < -0.4 is 0 Å². The number of carbonyl (C=O) groups excluding carboxylic acids is 2. The van der Waals surface area contributed by atoms with Crippen molar-refractivity contribution >= 4 is 33.5 Å². The Morgan fingerprint density at radius 2 is 1.96 bits per heavy atom. The number of hydrogen-bond donors (Lipinski definition) is 0. The molecule has 1 aliphatic rings. The molecule has 0 atom stereocenters. The summed E-state index contributed by atoms with van der Waals surface area (Å²) in [6.07, 6.45) is 4.77. The first-order chi connectivity index (χ1) is 11.6. The maximum atomic E-state index is 12.8. The van der Waals surface area contributed by atoms with E-state index in [0.717, 1.165) is 19.3 Å². The highest BCUT2D eigenvalue weighted by molar-refractivity contribution is 9.10. The lowest BCUT2D eigenvalue weighted by molar-refractivity contribution is -0.125. The fraction of sp³-hybridized carbons (Fsp3) is 0.353. The smallest absolute Gasteiger partial charge is 0.313 e. The van der Waals surface area contributed by atoms with Crippen LogP contribution in [0.15, 0.2) is 49.0 Å². The first-order valence-electron chi connectivity index (χ1n) is 7.82. The molecule has 0 aromatic carbocycles. The monoisotopic (exact) mass is 392 g/mol. The summed E-state index contributed by atoms with van der Waals surface area (Å²) in [5.41, 5.74) is 0.171. The van der Waals surface area contributed by atoms with E-state index in [1.165, 1.54) is 12.3 Å². The van der Waals surface area contributed by atoms with Gasteiger partial charge in [0.05, 0.1) is 12.7 Å². The van der Waals surface area contributed by atoms with E-state index in [2.05, 4.69) is 20.9 Å². The minimum Gasteiger partial charge on any atom is -0.469 e. The van der Waals surface area contributed by atoms with Gasteiger partial charge in [0, 0.05) is 13.1 Å². The molecule has 2 aromatic rings. The molecule has 7 heteroatoms. The summed E-state index contributed by atoms with van der Waals surface area (Å²) in [4.78, 5) is 30.8. The van der Waals surface area contributed by atoms with Gasteiger partial charge in [0.2, 0.25) is 0 Å². The van der Waals surface area contributed by atoms with Crippen molar-refractivity contribution in [2.75, 3.05) is 13.1 Å². The Bertz CT molecular complexity index is 742. The number of amides is 2. The highest BCUT2D eigenvalue weighted by Crippen LogP contribution is 2.16. The average molecular weight is 393 g/mol. The molecule has 0 N–H and O–H groups in total. The van der Waals surface area contributed by atoms with Crippen LogP contribution >= 0.6 is 15.9 Å². The van der Waals surface area contributed by atoms with Gasteiger partial charge in [-0.05, 0) is 59.5 Å². The SMILES string of the molecule is O=C(N=C(Cc1ccco1)C(=O)N1CCCCC1)c1ccc(Br)o1. The summed E-state index contributed by atoms with van der Waals surface area (Å²) < 4.78 is 11.0. The van der Waals surface area contributed by atoms with Crippen molar-refractivity contribution in [2.45, 2.75) is 25.7 Å². The van der Waals surface area contributed by atoms with E-state index in [4.69, 9.17) is 8.83 Å². The standard InChI is InChI=1S/C17H17BrN2O4/c18-15-7-6-14(24-15)16(21)19-13(11-12-5-4-10-23-12)17(22)20-8-2-1-3-9-20/h4-7,10H,1-3,8-9,11H2. The summed E-state index contributed by atoms with van der Waals surface area (Å²) in [6, 6.07) is 6.63. The number of halogens is 1. The molecule has 2 aromatic heterocycles. The van der Waals surface area contributed by atoms with Crippen molar-refractivity contribution in [3.8, 4) is 0 Å². The molecule has 0 radical (unpaired) electrons. The summed E-state index contributed by atoms with van der Waals surface area (Å²) in [6.45, 7) is 1.38. The molecule has 3 rings (SSSR count). The van der Waals surface area contributed by atoms with E-state index in [9.17, 15) is 9.59 Å². The van der Waals surface area contributed by atoms with Gasteiger partial charge in [-0.15, -0.1) is 0 Å². The van der Waals surface area contributed by atoms with Crippen molar-refractivity contribution < 1.29 is 18.4 Å². The molecule has 126 valence electrons. The molecule has 0 spiro atoms. The van der Waals surface area contributed by atoms with Crippen LogP contribution in [0.25, 0.3) is 0 Å². The van der Waals surface area contributed by atoms with Crippen LogP contribution in [0.2, 0.25) is 0 Å². The number of likely N-dealkylation sites (tertiary alicyclic amines) is 1. The van der Waals surface area contributed by atoms with E-state index in [-0.39, 0.29) is 23.8 Å². The second kappa shape index (κ2) is 7.61. The molecule has 0 saturated carbocycles. The Labute approximate surface area is 147 Å². The fourth-order valence-corrected chi connectivity index (χ4v) is 2.93. The highest BCUT2D eigenvalue weighted by atomic mass is 79.9. The fourth-order valence-electron chi connectivity index (χ4n) is 2.63. The molecular weight excluding hydrogens is 376 g/mol. The van der Waals surface area contributed by atoms with Gasteiger partial charge >= 0.3 is 5.91 Å². The largest absolute Gasteiger partial charge is 0.469 e. The lowest BCUT2D eigenvalue weighted by Gasteiger charge is -2.26. The molecule has 1 aliphatic heterocycles. The molecule has 0 bridgehead atoms. The van der Waals surface area contributed by atoms with Crippen LogP contribution in [0.3, 0.4) is 0 Å². The second-order valence-corrected chi connectivity index (χ2v) is 6.36. The minimum atomic E-state index is -0.576. The summed E-state index contributed by atoms with van der Waals surface area (Å²) >= 11 is 3.15. The normalized spacial score (nSPS) is 15.5. The molecule has 1 fully saturated rings. The van der Waals surface area contributed by atoms with Gasteiger partial charge < -0.3 is 13.7 Å². The Balaban J connectivity index is 1.84. The van der Waals surface area contributed by atoms with Crippen LogP contribution in [0, 0.1) is 0 Å². The number of nitrogens with zero attached hydrogens (tertiary/aromatic N) is 2. The molecule has 6 nitrogen and oxygen atoms in total. The number of furan rings is 2. The topological polar surface area (TPSA) is 76.0 Å². The Morgan fingerprint density at radius 1 is 1.17 bits per heavy atom. The van der Waals surface area contributed by atoms with Gasteiger partial charge in [0.1, 0.15) is 11.5 Å². The van der Waals surface area contributed by atoms with Crippen molar-refractivity contribution in [1.29, 1.82) is 0 Å². The van der Waals surface area contributed by atoms with E-state index in [1.54, 1.807) is 23.1 Å². The first kappa shape index (κ1) is 16.7. The zero-order chi connectivity index (χ0) is 16.9. The first-order valence-corrected chi connectivity index (χ1v) is 8.61.